The van der Waals surface area contributed by atoms with Crippen LogP contribution >= 0.6 is 0 Å². The molecule has 0 aliphatic rings. The Bertz CT molecular complexity index is 593. The first-order valence-electron chi connectivity index (χ1n) is 3.97. The van der Waals surface area contributed by atoms with Gasteiger partial charge in [0.15, 0.2) is 0 Å². The number of rotatable bonds is 0. The van der Waals surface area contributed by atoms with Crippen LogP contribution in [0.5, 0.6) is 5.75 Å². The number of aromatic amines is 1. The highest BCUT2D eigenvalue weighted by Gasteiger charge is 2.03. The third-order valence-corrected chi connectivity index (χ3v) is 1.98. The fourth-order valence-electron chi connectivity index (χ4n) is 1.29. The maximum absolute atomic E-state index is 11.5. The van der Waals surface area contributed by atoms with Gasteiger partial charge in [0.05, 0.1) is 5.52 Å². The summed E-state index contributed by atoms with van der Waals surface area (Å²) < 4.78 is 0. The molecule has 0 saturated heterocycles. The molecule has 0 atom stereocenters. The summed E-state index contributed by atoms with van der Waals surface area (Å²) >= 11 is 0. The molecule has 0 spiro atoms. The van der Waals surface area contributed by atoms with Crippen LogP contribution in [0.15, 0.2) is 29.2 Å². The lowest BCUT2D eigenvalue weighted by atomic mass is 10.1. The molecule has 0 radical (unpaired) electrons. The molecule has 0 aliphatic carbocycles. The third kappa shape index (κ3) is 1.12. The van der Waals surface area contributed by atoms with E-state index in [-0.39, 0.29) is 16.7 Å². The predicted octanol–water partition coefficient (Wildman–Crippen LogP) is 1.11. The van der Waals surface area contributed by atoms with Crippen LogP contribution in [0.25, 0.3) is 10.9 Å². The van der Waals surface area contributed by atoms with Crippen molar-refractivity contribution in [2.24, 2.45) is 0 Å². The molecule has 0 bridgehead atoms. The lowest BCUT2D eigenvalue weighted by Gasteiger charge is -1.98. The van der Waals surface area contributed by atoms with Crippen LogP contribution in [-0.4, -0.2) is 10.1 Å². The molecule has 0 saturated carbocycles. The first kappa shape index (κ1) is 8.32. The molecule has 1 heterocycles. The van der Waals surface area contributed by atoms with Gasteiger partial charge >= 0.3 is 0 Å². The number of hydrogen-bond donors (Lipinski definition) is 2. The van der Waals surface area contributed by atoms with E-state index in [9.17, 15) is 4.79 Å². The quantitative estimate of drug-likeness (QED) is 0.646. The maximum atomic E-state index is 11.5. The summed E-state index contributed by atoms with van der Waals surface area (Å²) in [6, 6.07) is 6.14. The normalized spacial score (nSPS) is 9.93. The van der Waals surface area contributed by atoms with Crippen LogP contribution < -0.4 is 5.43 Å². The number of aromatic nitrogens is 1. The van der Waals surface area contributed by atoms with E-state index < -0.39 is 0 Å². The average molecular weight is 186 g/mol. The van der Waals surface area contributed by atoms with Gasteiger partial charge in [0, 0.05) is 17.6 Å². The minimum absolute atomic E-state index is 0.0724. The molecule has 0 unspecified atom stereocenters. The zero-order chi connectivity index (χ0) is 10.1. The van der Waals surface area contributed by atoms with Crippen molar-refractivity contribution >= 4 is 10.9 Å². The molecule has 0 fully saturated rings. The summed E-state index contributed by atoms with van der Waals surface area (Å²) in [5, 5.41) is 18.2. The van der Waals surface area contributed by atoms with Crippen molar-refractivity contribution in [1.29, 1.82) is 5.26 Å². The molecule has 4 heteroatoms. The van der Waals surface area contributed by atoms with Crippen LogP contribution in [-0.2, 0) is 0 Å². The molecule has 1 aromatic heterocycles. The van der Waals surface area contributed by atoms with E-state index >= 15 is 0 Å². The second kappa shape index (κ2) is 2.89. The first-order chi connectivity index (χ1) is 6.72. The van der Waals surface area contributed by atoms with Crippen LogP contribution in [0.1, 0.15) is 5.56 Å². The molecule has 14 heavy (non-hydrogen) atoms. The smallest absolute Gasteiger partial charge is 0.207 e. The number of hydrogen-bond acceptors (Lipinski definition) is 3. The SMILES string of the molecule is N#Cc1c[nH]c2cc(O)ccc2c1=O. The van der Waals surface area contributed by atoms with E-state index in [1.165, 1.54) is 24.4 Å². The van der Waals surface area contributed by atoms with Crippen molar-refractivity contribution in [1.82, 2.24) is 4.98 Å². The Morgan fingerprint density at radius 2 is 2.21 bits per heavy atom. The Morgan fingerprint density at radius 3 is 2.93 bits per heavy atom. The van der Waals surface area contributed by atoms with Gasteiger partial charge in [-0.05, 0) is 12.1 Å². The van der Waals surface area contributed by atoms with Crippen LogP contribution in [0, 0.1) is 11.3 Å². The number of nitrogens with one attached hydrogen (secondary N) is 1. The zero-order valence-electron chi connectivity index (χ0n) is 7.11. The summed E-state index contributed by atoms with van der Waals surface area (Å²) in [4.78, 5) is 14.3. The molecular weight excluding hydrogens is 180 g/mol. The molecule has 2 rings (SSSR count). The highest BCUT2D eigenvalue weighted by atomic mass is 16.3. The second-order valence-electron chi connectivity index (χ2n) is 2.87. The average Bonchev–Trinajstić information content (AvgIpc) is 2.18. The molecule has 4 nitrogen and oxygen atoms in total. The van der Waals surface area contributed by atoms with Gasteiger partial charge in [0.25, 0.3) is 0 Å². The minimum atomic E-state index is -0.318. The summed E-state index contributed by atoms with van der Waals surface area (Å²) in [5.41, 5.74) is 0.276. The van der Waals surface area contributed by atoms with Crippen molar-refractivity contribution in [2.75, 3.05) is 0 Å². The van der Waals surface area contributed by atoms with Crippen LogP contribution in [0.2, 0.25) is 0 Å². The molecule has 0 aliphatic heterocycles. The Kier molecular flexibility index (Phi) is 1.72. The van der Waals surface area contributed by atoms with Crippen molar-refractivity contribution in [3.63, 3.8) is 0 Å². The number of benzene rings is 1. The maximum Gasteiger partial charge on any atom is 0.207 e. The lowest BCUT2D eigenvalue weighted by Crippen LogP contribution is -2.06. The number of fused-ring (bicyclic) bond motifs is 1. The van der Waals surface area contributed by atoms with Gasteiger partial charge in [-0.15, -0.1) is 0 Å². The lowest BCUT2D eigenvalue weighted by molar-refractivity contribution is 0.476. The number of nitriles is 1. The number of nitrogens with zero attached hydrogens (tertiary/aromatic N) is 1. The van der Waals surface area contributed by atoms with Gasteiger partial charge in [0.1, 0.15) is 17.4 Å². The van der Waals surface area contributed by atoms with E-state index in [1.54, 1.807) is 6.07 Å². The van der Waals surface area contributed by atoms with Crippen LogP contribution in [0.4, 0.5) is 0 Å². The molecule has 2 N–H and O–H groups in total. The third-order valence-electron chi connectivity index (χ3n) is 1.98. The number of phenols is 1. The van der Waals surface area contributed by atoms with E-state index in [4.69, 9.17) is 10.4 Å². The van der Waals surface area contributed by atoms with Gasteiger partial charge in [-0.25, -0.2) is 0 Å². The topological polar surface area (TPSA) is 76.9 Å². The van der Waals surface area contributed by atoms with E-state index in [0.717, 1.165) is 0 Å². The van der Waals surface area contributed by atoms with Gasteiger partial charge in [-0.1, -0.05) is 0 Å². The Labute approximate surface area is 79.0 Å². The Hall–Kier alpha value is -2.28. The monoisotopic (exact) mass is 186 g/mol. The van der Waals surface area contributed by atoms with E-state index in [2.05, 4.69) is 4.98 Å². The van der Waals surface area contributed by atoms with Gasteiger partial charge < -0.3 is 10.1 Å². The van der Waals surface area contributed by atoms with Crippen LogP contribution in [0.3, 0.4) is 0 Å². The number of phenolic OH excluding ortho intramolecular Hbond substituents is 1. The standard InChI is InChI=1S/C10H6N2O2/c11-4-6-5-12-9-3-7(13)1-2-8(9)10(6)14/h1-3,5,13H,(H,12,14). The predicted molar refractivity (Wildman–Crippen MR) is 50.9 cm³/mol. The minimum Gasteiger partial charge on any atom is -0.508 e. The Morgan fingerprint density at radius 1 is 1.43 bits per heavy atom. The summed E-state index contributed by atoms with van der Waals surface area (Å²) in [5.74, 6) is 0.0813. The highest BCUT2D eigenvalue weighted by Crippen LogP contribution is 2.14. The number of H-pyrrole nitrogens is 1. The molecule has 2 aromatic rings. The van der Waals surface area contributed by atoms with Gasteiger partial charge in [-0.2, -0.15) is 5.26 Å². The van der Waals surface area contributed by atoms with Crippen molar-refractivity contribution in [3.8, 4) is 11.8 Å². The number of pyridine rings is 1. The summed E-state index contributed by atoms with van der Waals surface area (Å²) in [6.45, 7) is 0. The largest absolute Gasteiger partial charge is 0.508 e. The van der Waals surface area contributed by atoms with E-state index in [0.29, 0.717) is 10.9 Å². The zero-order valence-corrected chi connectivity index (χ0v) is 7.11. The van der Waals surface area contributed by atoms with Crippen molar-refractivity contribution in [2.45, 2.75) is 0 Å². The first-order valence-corrected chi connectivity index (χ1v) is 3.97. The molecule has 0 amide bonds. The van der Waals surface area contributed by atoms with Gasteiger partial charge in [0.2, 0.25) is 5.43 Å². The van der Waals surface area contributed by atoms with Gasteiger partial charge in [-0.3, -0.25) is 4.79 Å². The second-order valence-corrected chi connectivity index (χ2v) is 2.87. The molecule has 68 valence electrons. The molecular formula is C10H6N2O2. The van der Waals surface area contributed by atoms with E-state index in [1.807, 2.05) is 0 Å². The fourth-order valence-corrected chi connectivity index (χ4v) is 1.29. The van der Waals surface area contributed by atoms with Crippen molar-refractivity contribution < 1.29 is 5.11 Å². The number of aromatic hydroxyl groups is 1. The van der Waals surface area contributed by atoms with Crippen molar-refractivity contribution in [3.05, 3.63) is 40.2 Å². The summed E-state index contributed by atoms with van der Waals surface area (Å²) in [7, 11) is 0. The summed E-state index contributed by atoms with van der Waals surface area (Å²) in [6.07, 6.45) is 1.34. The highest BCUT2D eigenvalue weighted by molar-refractivity contribution is 5.80. The molecule has 1 aromatic carbocycles. The Balaban J connectivity index is 2.93. The fraction of sp³-hybridized carbons (Fsp3) is 0.